The van der Waals surface area contributed by atoms with Crippen LogP contribution in [0.1, 0.15) is 59.8 Å². The average Bonchev–Trinajstić information content (AvgIpc) is 2.05. The standard InChI is InChI=1S/C12H27N/c1-5-8-12(4,9-6-2)11-13-10-7-3/h13H,5-11H2,1-4H3. The molecule has 0 aromatic heterocycles. The molecule has 0 rings (SSSR count). The molecule has 13 heavy (non-hydrogen) atoms. The summed E-state index contributed by atoms with van der Waals surface area (Å²) in [4.78, 5) is 0. The van der Waals surface area contributed by atoms with Crippen molar-refractivity contribution in [1.29, 1.82) is 0 Å². The molecule has 0 saturated heterocycles. The first-order chi connectivity index (χ1) is 6.18. The second-order valence-electron chi connectivity index (χ2n) is 4.49. The first-order valence-electron chi connectivity index (χ1n) is 5.89. The molecule has 0 aliphatic heterocycles. The molecular formula is C12H27N. The summed E-state index contributed by atoms with van der Waals surface area (Å²) < 4.78 is 0. The largest absolute Gasteiger partial charge is 0.316 e. The van der Waals surface area contributed by atoms with Gasteiger partial charge >= 0.3 is 0 Å². The zero-order valence-corrected chi connectivity index (χ0v) is 9.95. The summed E-state index contributed by atoms with van der Waals surface area (Å²) in [7, 11) is 0. The average molecular weight is 185 g/mol. The molecule has 80 valence electrons. The van der Waals surface area contributed by atoms with E-state index in [-0.39, 0.29) is 0 Å². The van der Waals surface area contributed by atoms with Gasteiger partial charge in [0.15, 0.2) is 0 Å². The Kier molecular flexibility index (Phi) is 7.35. The molecule has 0 amide bonds. The molecule has 1 N–H and O–H groups in total. The van der Waals surface area contributed by atoms with Gasteiger partial charge in [-0.15, -0.1) is 0 Å². The van der Waals surface area contributed by atoms with E-state index in [0.29, 0.717) is 5.41 Å². The molecule has 0 unspecified atom stereocenters. The van der Waals surface area contributed by atoms with Crippen LogP contribution in [-0.2, 0) is 0 Å². The second-order valence-corrected chi connectivity index (χ2v) is 4.49. The zero-order valence-electron chi connectivity index (χ0n) is 9.95. The number of nitrogens with one attached hydrogen (secondary N) is 1. The fourth-order valence-corrected chi connectivity index (χ4v) is 2.08. The van der Waals surface area contributed by atoms with Gasteiger partial charge in [-0.05, 0) is 31.2 Å². The molecule has 0 radical (unpaired) electrons. The molecule has 0 bridgehead atoms. The lowest BCUT2D eigenvalue weighted by molar-refractivity contribution is 0.253. The van der Waals surface area contributed by atoms with Crippen molar-refractivity contribution in [3.05, 3.63) is 0 Å². The molecule has 0 heterocycles. The fraction of sp³-hybridized carbons (Fsp3) is 1.00. The van der Waals surface area contributed by atoms with Gasteiger partial charge in [-0.2, -0.15) is 0 Å². The second kappa shape index (κ2) is 7.37. The highest BCUT2D eigenvalue weighted by molar-refractivity contribution is 4.75. The van der Waals surface area contributed by atoms with Crippen LogP contribution in [0.3, 0.4) is 0 Å². The Morgan fingerprint density at radius 2 is 1.46 bits per heavy atom. The summed E-state index contributed by atoms with van der Waals surface area (Å²) in [5, 5.41) is 3.55. The van der Waals surface area contributed by atoms with E-state index in [1.165, 1.54) is 45.2 Å². The molecule has 0 fully saturated rings. The van der Waals surface area contributed by atoms with Crippen molar-refractivity contribution in [3.8, 4) is 0 Å². The molecule has 0 aromatic carbocycles. The smallest absolute Gasteiger partial charge is 0.000515 e. The van der Waals surface area contributed by atoms with Gasteiger partial charge in [-0.25, -0.2) is 0 Å². The first kappa shape index (κ1) is 13.0. The highest BCUT2D eigenvalue weighted by atomic mass is 14.9. The van der Waals surface area contributed by atoms with Crippen molar-refractivity contribution in [2.45, 2.75) is 59.8 Å². The number of rotatable bonds is 8. The summed E-state index contributed by atoms with van der Waals surface area (Å²) >= 11 is 0. The van der Waals surface area contributed by atoms with Crippen LogP contribution in [0.2, 0.25) is 0 Å². The highest BCUT2D eigenvalue weighted by Crippen LogP contribution is 2.27. The third-order valence-electron chi connectivity index (χ3n) is 2.69. The van der Waals surface area contributed by atoms with Crippen LogP contribution in [0, 0.1) is 5.41 Å². The van der Waals surface area contributed by atoms with E-state index in [9.17, 15) is 0 Å². The van der Waals surface area contributed by atoms with Crippen LogP contribution >= 0.6 is 0 Å². The lowest BCUT2D eigenvalue weighted by atomic mass is 9.81. The fourth-order valence-electron chi connectivity index (χ4n) is 2.08. The maximum atomic E-state index is 3.55. The van der Waals surface area contributed by atoms with Crippen LogP contribution in [-0.4, -0.2) is 13.1 Å². The quantitative estimate of drug-likeness (QED) is 0.570. The van der Waals surface area contributed by atoms with Crippen LogP contribution in [0.15, 0.2) is 0 Å². The van der Waals surface area contributed by atoms with E-state index in [1.54, 1.807) is 0 Å². The molecule has 0 spiro atoms. The van der Waals surface area contributed by atoms with E-state index >= 15 is 0 Å². The minimum Gasteiger partial charge on any atom is -0.316 e. The predicted molar refractivity (Wildman–Crippen MR) is 61.1 cm³/mol. The summed E-state index contributed by atoms with van der Waals surface area (Å²) in [6, 6.07) is 0. The Labute approximate surface area is 84.3 Å². The van der Waals surface area contributed by atoms with Crippen LogP contribution < -0.4 is 5.32 Å². The molecule has 0 atom stereocenters. The van der Waals surface area contributed by atoms with Gasteiger partial charge < -0.3 is 5.32 Å². The van der Waals surface area contributed by atoms with Crippen molar-refractivity contribution in [3.63, 3.8) is 0 Å². The third kappa shape index (κ3) is 6.09. The molecule has 1 heteroatoms. The van der Waals surface area contributed by atoms with Crippen molar-refractivity contribution in [2.75, 3.05) is 13.1 Å². The summed E-state index contributed by atoms with van der Waals surface area (Å²) in [5.74, 6) is 0. The van der Waals surface area contributed by atoms with Gasteiger partial charge in [0.25, 0.3) is 0 Å². The first-order valence-corrected chi connectivity index (χ1v) is 5.89. The molecule has 0 aliphatic carbocycles. The van der Waals surface area contributed by atoms with Crippen molar-refractivity contribution < 1.29 is 0 Å². The Morgan fingerprint density at radius 3 is 1.85 bits per heavy atom. The van der Waals surface area contributed by atoms with Crippen molar-refractivity contribution in [2.24, 2.45) is 5.41 Å². The van der Waals surface area contributed by atoms with Crippen LogP contribution in [0.4, 0.5) is 0 Å². The SMILES string of the molecule is CCCNCC(C)(CCC)CCC. The monoisotopic (exact) mass is 185 g/mol. The maximum Gasteiger partial charge on any atom is 0.000515 e. The lowest BCUT2D eigenvalue weighted by Crippen LogP contribution is -2.32. The van der Waals surface area contributed by atoms with Gasteiger partial charge in [0.1, 0.15) is 0 Å². The van der Waals surface area contributed by atoms with Gasteiger partial charge in [-0.1, -0.05) is 40.5 Å². The van der Waals surface area contributed by atoms with E-state index in [1.807, 2.05) is 0 Å². The van der Waals surface area contributed by atoms with Crippen molar-refractivity contribution >= 4 is 0 Å². The Balaban J connectivity index is 3.76. The van der Waals surface area contributed by atoms with Crippen LogP contribution in [0.25, 0.3) is 0 Å². The molecule has 0 aliphatic rings. The van der Waals surface area contributed by atoms with Gasteiger partial charge in [-0.3, -0.25) is 0 Å². The molecule has 0 saturated carbocycles. The topological polar surface area (TPSA) is 12.0 Å². The highest BCUT2D eigenvalue weighted by Gasteiger charge is 2.21. The Bertz CT molecular complexity index is 104. The summed E-state index contributed by atoms with van der Waals surface area (Å²) in [6.07, 6.45) is 6.58. The van der Waals surface area contributed by atoms with E-state index in [4.69, 9.17) is 0 Å². The summed E-state index contributed by atoms with van der Waals surface area (Å²) in [6.45, 7) is 11.6. The minimum absolute atomic E-state index is 0.540. The Hall–Kier alpha value is -0.0400. The van der Waals surface area contributed by atoms with Crippen molar-refractivity contribution in [1.82, 2.24) is 5.32 Å². The third-order valence-corrected chi connectivity index (χ3v) is 2.69. The van der Waals surface area contributed by atoms with Crippen LogP contribution in [0.5, 0.6) is 0 Å². The zero-order chi connectivity index (χ0) is 10.2. The lowest BCUT2D eigenvalue weighted by Gasteiger charge is -2.29. The Morgan fingerprint density at radius 1 is 0.923 bits per heavy atom. The normalized spacial score (nSPS) is 12.0. The molecular weight excluding hydrogens is 158 g/mol. The predicted octanol–water partition coefficient (Wildman–Crippen LogP) is 3.59. The molecule has 1 nitrogen and oxygen atoms in total. The van der Waals surface area contributed by atoms with E-state index < -0.39 is 0 Å². The van der Waals surface area contributed by atoms with E-state index in [0.717, 1.165) is 0 Å². The number of hydrogen-bond acceptors (Lipinski definition) is 1. The van der Waals surface area contributed by atoms with Gasteiger partial charge in [0.05, 0.1) is 0 Å². The maximum absolute atomic E-state index is 3.55. The number of hydrogen-bond donors (Lipinski definition) is 1. The minimum atomic E-state index is 0.540. The van der Waals surface area contributed by atoms with E-state index in [2.05, 4.69) is 33.0 Å². The summed E-state index contributed by atoms with van der Waals surface area (Å²) in [5.41, 5.74) is 0.540. The molecule has 0 aromatic rings. The van der Waals surface area contributed by atoms with Gasteiger partial charge in [0, 0.05) is 6.54 Å². The van der Waals surface area contributed by atoms with Gasteiger partial charge in [0.2, 0.25) is 0 Å².